The van der Waals surface area contributed by atoms with Crippen molar-refractivity contribution in [1.82, 2.24) is 19.5 Å². The Morgan fingerprint density at radius 2 is 2.00 bits per heavy atom. The number of benzene rings is 2. The van der Waals surface area contributed by atoms with E-state index in [0.29, 0.717) is 34.7 Å². The minimum absolute atomic E-state index is 0.0966. The van der Waals surface area contributed by atoms with E-state index in [1.54, 1.807) is 42.3 Å². The molecule has 0 bridgehead atoms. The Bertz CT molecular complexity index is 1140. The van der Waals surface area contributed by atoms with Gasteiger partial charge in [-0.15, -0.1) is 0 Å². The second kappa shape index (κ2) is 6.75. The third-order valence-electron chi connectivity index (χ3n) is 4.04. The van der Waals surface area contributed by atoms with Gasteiger partial charge in [-0.05, 0) is 24.3 Å². The quantitative estimate of drug-likeness (QED) is 0.530. The van der Waals surface area contributed by atoms with Gasteiger partial charge in [0.25, 0.3) is 0 Å². The van der Waals surface area contributed by atoms with Crippen LogP contribution in [0.4, 0.5) is 5.82 Å². The highest BCUT2D eigenvalue weighted by molar-refractivity contribution is 5.91. The van der Waals surface area contributed by atoms with Crippen LogP contribution in [0.25, 0.3) is 28.2 Å². The third kappa shape index (κ3) is 2.93. The van der Waals surface area contributed by atoms with Crippen molar-refractivity contribution in [1.29, 1.82) is 0 Å². The number of aromatic nitrogens is 4. The lowest BCUT2D eigenvalue weighted by atomic mass is 10.2. The summed E-state index contributed by atoms with van der Waals surface area (Å²) >= 11 is 0. The summed E-state index contributed by atoms with van der Waals surface area (Å²) in [6, 6.07) is 14.0. The van der Waals surface area contributed by atoms with Crippen molar-refractivity contribution < 1.29 is 14.6 Å². The molecule has 134 valence electrons. The number of nitrogens with one attached hydrogen (secondary N) is 1. The number of fused-ring (bicyclic) bond motifs is 1. The molecule has 0 unspecified atom stereocenters. The molecule has 4 aromatic rings. The van der Waals surface area contributed by atoms with Crippen LogP contribution in [0.5, 0.6) is 11.5 Å². The van der Waals surface area contributed by atoms with E-state index in [2.05, 4.69) is 20.3 Å². The zero-order chi connectivity index (χ0) is 18.8. The van der Waals surface area contributed by atoms with E-state index in [-0.39, 0.29) is 11.6 Å². The van der Waals surface area contributed by atoms with Crippen LogP contribution in [-0.2, 0) is 4.79 Å². The molecule has 0 atom stereocenters. The molecule has 2 N–H and O–H groups in total. The van der Waals surface area contributed by atoms with Crippen molar-refractivity contribution in [3.8, 4) is 28.6 Å². The van der Waals surface area contributed by atoms with Crippen LogP contribution in [-0.4, -0.2) is 38.1 Å². The maximum absolute atomic E-state index is 11.0. The van der Waals surface area contributed by atoms with Gasteiger partial charge in [0, 0.05) is 5.56 Å². The molecule has 0 spiro atoms. The van der Waals surface area contributed by atoms with Gasteiger partial charge in [0.2, 0.25) is 6.41 Å². The van der Waals surface area contributed by atoms with Gasteiger partial charge >= 0.3 is 0 Å². The van der Waals surface area contributed by atoms with Crippen LogP contribution in [0.3, 0.4) is 0 Å². The highest BCUT2D eigenvalue weighted by Crippen LogP contribution is 2.30. The second-order valence-electron chi connectivity index (χ2n) is 5.67. The van der Waals surface area contributed by atoms with E-state index in [9.17, 15) is 9.90 Å². The zero-order valence-corrected chi connectivity index (χ0v) is 14.3. The zero-order valence-electron chi connectivity index (χ0n) is 14.3. The molecule has 1 amide bonds. The number of amides is 1. The van der Waals surface area contributed by atoms with Crippen molar-refractivity contribution in [3.63, 3.8) is 0 Å². The van der Waals surface area contributed by atoms with Crippen molar-refractivity contribution >= 4 is 23.4 Å². The predicted octanol–water partition coefficient (Wildman–Crippen LogP) is 2.77. The summed E-state index contributed by atoms with van der Waals surface area (Å²) < 4.78 is 7.19. The number of hydrogen-bond acceptors (Lipinski definition) is 6. The van der Waals surface area contributed by atoms with E-state index in [0.717, 1.165) is 5.69 Å². The first-order chi connectivity index (χ1) is 13.2. The van der Waals surface area contributed by atoms with Gasteiger partial charge in [-0.25, -0.2) is 15.0 Å². The van der Waals surface area contributed by atoms with E-state index < -0.39 is 0 Å². The van der Waals surface area contributed by atoms with Crippen LogP contribution >= 0.6 is 0 Å². The molecule has 0 saturated heterocycles. The summed E-state index contributed by atoms with van der Waals surface area (Å²) in [5.41, 5.74) is 2.30. The van der Waals surface area contributed by atoms with Crippen molar-refractivity contribution in [2.24, 2.45) is 0 Å². The molecular weight excluding hydrogens is 346 g/mol. The van der Waals surface area contributed by atoms with Gasteiger partial charge in [0.15, 0.2) is 22.8 Å². The minimum atomic E-state index is 0.0966. The number of nitrogens with zero attached hydrogens (tertiary/aromatic N) is 4. The number of ether oxygens (including phenoxy) is 1. The third-order valence-corrected chi connectivity index (χ3v) is 4.04. The summed E-state index contributed by atoms with van der Waals surface area (Å²) in [5.74, 6) is 1.37. The van der Waals surface area contributed by atoms with E-state index in [1.165, 1.54) is 0 Å². The van der Waals surface area contributed by atoms with Gasteiger partial charge in [-0.3, -0.25) is 9.36 Å². The van der Waals surface area contributed by atoms with Crippen LogP contribution in [0, 0.1) is 0 Å². The molecule has 0 radical (unpaired) electrons. The van der Waals surface area contributed by atoms with Gasteiger partial charge in [-0.1, -0.05) is 24.3 Å². The topological polar surface area (TPSA) is 102 Å². The molecular formula is C19H15N5O3. The van der Waals surface area contributed by atoms with Gasteiger partial charge in [-0.2, -0.15) is 0 Å². The molecule has 27 heavy (non-hydrogen) atoms. The van der Waals surface area contributed by atoms with Crippen molar-refractivity contribution in [2.75, 3.05) is 12.4 Å². The van der Waals surface area contributed by atoms with Gasteiger partial charge in [0.1, 0.15) is 17.8 Å². The lowest BCUT2D eigenvalue weighted by Crippen LogP contribution is -2.03. The standard InChI is InChI=1S/C19H15N5O3/c1-27-15-8-3-2-7-14(15)24-10-20-16-18(21-11-25)22-17(23-19(16)24)12-5-4-6-13(26)9-12/h2-11,26H,1H3,(H,21,22,23,25). The van der Waals surface area contributed by atoms with Crippen LogP contribution in [0.15, 0.2) is 54.9 Å². The number of anilines is 1. The second-order valence-corrected chi connectivity index (χ2v) is 5.67. The molecule has 2 aromatic carbocycles. The average Bonchev–Trinajstić information content (AvgIpc) is 3.12. The first-order valence-electron chi connectivity index (χ1n) is 8.09. The Morgan fingerprint density at radius 1 is 1.15 bits per heavy atom. The minimum Gasteiger partial charge on any atom is -0.508 e. The average molecular weight is 361 g/mol. The Hall–Kier alpha value is -3.94. The number of hydrogen-bond donors (Lipinski definition) is 2. The van der Waals surface area contributed by atoms with Crippen LogP contribution < -0.4 is 10.1 Å². The molecule has 2 heterocycles. The number of imidazole rings is 1. The molecule has 0 saturated carbocycles. The Kier molecular flexibility index (Phi) is 4.13. The lowest BCUT2D eigenvalue weighted by molar-refractivity contribution is -0.105. The summed E-state index contributed by atoms with van der Waals surface area (Å²) in [6.07, 6.45) is 2.13. The van der Waals surface area contributed by atoms with Crippen LogP contribution in [0.1, 0.15) is 0 Å². The fraction of sp³-hybridized carbons (Fsp3) is 0.0526. The monoisotopic (exact) mass is 361 g/mol. The first kappa shape index (κ1) is 16.5. The molecule has 0 fully saturated rings. The fourth-order valence-corrected chi connectivity index (χ4v) is 2.84. The fourth-order valence-electron chi connectivity index (χ4n) is 2.84. The lowest BCUT2D eigenvalue weighted by Gasteiger charge is -2.10. The van der Waals surface area contributed by atoms with Gasteiger partial charge in [0.05, 0.1) is 12.8 Å². The highest BCUT2D eigenvalue weighted by Gasteiger charge is 2.17. The number of methoxy groups -OCH3 is 1. The maximum atomic E-state index is 11.0. The first-order valence-corrected chi connectivity index (χ1v) is 8.09. The smallest absolute Gasteiger partial charge is 0.212 e. The summed E-state index contributed by atoms with van der Waals surface area (Å²) in [7, 11) is 1.59. The van der Waals surface area contributed by atoms with Crippen molar-refractivity contribution in [3.05, 3.63) is 54.9 Å². The molecule has 8 nitrogen and oxygen atoms in total. The van der Waals surface area contributed by atoms with E-state index in [1.807, 2.05) is 24.3 Å². The molecule has 0 aliphatic carbocycles. The highest BCUT2D eigenvalue weighted by atomic mass is 16.5. The molecule has 0 aliphatic heterocycles. The Balaban J connectivity index is 1.99. The Morgan fingerprint density at radius 3 is 2.78 bits per heavy atom. The Labute approximate surface area is 154 Å². The largest absolute Gasteiger partial charge is 0.508 e. The SMILES string of the molecule is COc1ccccc1-n1cnc2c(NC=O)nc(-c3cccc(O)c3)nc21. The van der Waals surface area contributed by atoms with Gasteiger partial charge < -0.3 is 15.2 Å². The summed E-state index contributed by atoms with van der Waals surface area (Å²) in [4.78, 5) is 24.4. The number of aromatic hydroxyl groups is 1. The molecule has 4 rings (SSSR count). The summed E-state index contributed by atoms with van der Waals surface area (Å²) in [6.45, 7) is 0. The number of phenols is 1. The number of para-hydroxylation sites is 2. The number of rotatable bonds is 5. The number of phenolic OH excluding ortho intramolecular Hbond substituents is 1. The molecule has 8 heteroatoms. The number of carbonyl (C=O) groups is 1. The normalized spacial score (nSPS) is 10.7. The van der Waals surface area contributed by atoms with Crippen molar-refractivity contribution in [2.45, 2.75) is 0 Å². The van der Waals surface area contributed by atoms with E-state index in [4.69, 9.17) is 4.74 Å². The van der Waals surface area contributed by atoms with Crippen LogP contribution in [0.2, 0.25) is 0 Å². The molecule has 2 aromatic heterocycles. The summed E-state index contributed by atoms with van der Waals surface area (Å²) in [5, 5.41) is 12.3. The van der Waals surface area contributed by atoms with E-state index >= 15 is 0 Å². The maximum Gasteiger partial charge on any atom is 0.212 e. The predicted molar refractivity (Wildman–Crippen MR) is 100.0 cm³/mol. The number of carbonyl (C=O) groups excluding carboxylic acids is 1. The molecule has 0 aliphatic rings.